The maximum absolute atomic E-state index is 13.9. The highest BCUT2D eigenvalue weighted by Gasteiger charge is 2.36. The van der Waals surface area contributed by atoms with E-state index in [1.807, 2.05) is 17.5 Å². The highest BCUT2D eigenvalue weighted by Crippen LogP contribution is 2.35. The summed E-state index contributed by atoms with van der Waals surface area (Å²) in [6.07, 6.45) is 4.07. The number of carbonyl (C=O) groups is 3. The summed E-state index contributed by atoms with van der Waals surface area (Å²) in [5.41, 5.74) is 1.31. The topological polar surface area (TPSA) is 66.5 Å². The number of hydrogen-bond acceptors (Lipinski definition) is 4. The third-order valence-corrected chi connectivity index (χ3v) is 7.35. The first-order chi connectivity index (χ1) is 16.5. The minimum Gasteiger partial charge on any atom is -0.351 e. The van der Waals surface area contributed by atoms with Crippen molar-refractivity contribution < 1.29 is 14.4 Å². The SMILES string of the molecule is CC(=O)c1ccccc1N(C(=O)Cc1cccs1)[C@@H](C(=O)NC1CCCC1)c1ccccc1Cl. The average Bonchev–Trinajstić information content (AvgIpc) is 3.52. The molecule has 1 saturated carbocycles. The van der Waals surface area contributed by atoms with Crippen LogP contribution in [-0.4, -0.2) is 23.6 Å². The number of halogens is 1. The first-order valence-electron chi connectivity index (χ1n) is 11.4. The van der Waals surface area contributed by atoms with Gasteiger partial charge in [0, 0.05) is 27.1 Å². The van der Waals surface area contributed by atoms with Gasteiger partial charge in [-0.3, -0.25) is 19.3 Å². The van der Waals surface area contributed by atoms with Crippen molar-refractivity contribution in [3.63, 3.8) is 0 Å². The minimum absolute atomic E-state index is 0.0646. The van der Waals surface area contributed by atoms with Crippen molar-refractivity contribution in [2.45, 2.75) is 51.1 Å². The van der Waals surface area contributed by atoms with E-state index in [-0.39, 0.29) is 30.1 Å². The van der Waals surface area contributed by atoms with Gasteiger partial charge >= 0.3 is 0 Å². The molecule has 2 aromatic carbocycles. The van der Waals surface area contributed by atoms with Crippen molar-refractivity contribution in [1.82, 2.24) is 5.32 Å². The number of amides is 2. The van der Waals surface area contributed by atoms with E-state index in [2.05, 4.69) is 5.32 Å². The van der Waals surface area contributed by atoms with Crippen LogP contribution in [0.25, 0.3) is 0 Å². The van der Waals surface area contributed by atoms with Gasteiger partial charge < -0.3 is 5.32 Å². The molecule has 0 unspecified atom stereocenters. The lowest BCUT2D eigenvalue weighted by atomic mass is 9.99. The quantitative estimate of drug-likeness (QED) is 0.392. The Morgan fingerprint density at radius 2 is 1.74 bits per heavy atom. The molecule has 1 aliphatic rings. The lowest BCUT2D eigenvalue weighted by Gasteiger charge is -2.33. The van der Waals surface area contributed by atoms with E-state index in [1.165, 1.54) is 23.2 Å². The molecule has 0 saturated heterocycles. The molecule has 34 heavy (non-hydrogen) atoms. The van der Waals surface area contributed by atoms with Crippen LogP contribution in [0, 0.1) is 0 Å². The van der Waals surface area contributed by atoms with Crippen LogP contribution >= 0.6 is 22.9 Å². The second-order valence-corrected chi connectivity index (χ2v) is 9.95. The number of nitrogens with one attached hydrogen (secondary N) is 1. The molecule has 1 aliphatic carbocycles. The molecule has 5 nitrogen and oxygen atoms in total. The molecular weight excluding hydrogens is 468 g/mol. The summed E-state index contributed by atoms with van der Waals surface area (Å²) in [5, 5.41) is 5.45. The normalized spacial score (nSPS) is 14.5. The van der Waals surface area contributed by atoms with Crippen LogP contribution < -0.4 is 10.2 Å². The van der Waals surface area contributed by atoms with Crippen molar-refractivity contribution in [2.75, 3.05) is 4.90 Å². The molecule has 0 spiro atoms. The van der Waals surface area contributed by atoms with Gasteiger partial charge in [-0.15, -0.1) is 11.3 Å². The summed E-state index contributed by atoms with van der Waals surface area (Å²) in [4.78, 5) is 42.5. The zero-order valence-corrected chi connectivity index (χ0v) is 20.6. The van der Waals surface area contributed by atoms with E-state index in [4.69, 9.17) is 11.6 Å². The molecule has 3 aromatic rings. The molecular formula is C27H27ClN2O3S. The second-order valence-electron chi connectivity index (χ2n) is 8.51. The van der Waals surface area contributed by atoms with Crippen molar-refractivity contribution in [1.29, 1.82) is 0 Å². The average molecular weight is 495 g/mol. The van der Waals surface area contributed by atoms with Gasteiger partial charge in [-0.1, -0.05) is 60.8 Å². The predicted molar refractivity (Wildman–Crippen MR) is 137 cm³/mol. The highest BCUT2D eigenvalue weighted by molar-refractivity contribution is 7.10. The van der Waals surface area contributed by atoms with Gasteiger partial charge in [0.05, 0.1) is 12.1 Å². The Bertz CT molecular complexity index is 1170. The second kappa shape index (κ2) is 11.0. The van der Waals surface area contributed by atoms with Gasteiger partial charge in [0.2, 0.25) is 11.8 Å². The zero-order chi connectivity index (χ0) is 24.1. The minimum atomic E-state index is -1.01. The fourth-order valence-corrected chi connectivity index (χ4v) is 5.43. The van der Waals surface area contributed by atoms with Crippen molar-refractivity contribution in [3.05, 3.63) is 87.1 Å². The number of ketones is 1. The number of nitrogens with zero attached hydrogens (tertiary/aromatic N) is 1. The Hall–Kier alpha value is -2.96. The lowest BCUT2D eigenvalue weighted by Crippen LogP contribution is -2.47. The van der Waals surface area contributed by atoms with Crippen molar-refractivity contribution >= 4 is 46.2 Å². The van der Waals surface area contributed by atoms with Crippen LogP contribution in [0.1, 0.15) is 59.4 Å². The van der Waals surface area contributed by atoms with Gasteiger partial charge in [-0.05, 0) is 49.4 Å². The van der Waals surface area contributed by atoms with Gasteiger partial charge in [0.1, 0.15) is 6.04 Å². The van der Waals surface area contributed by atoms with Gasteiger partial charge in [0.25, 0.3) is 0 Å². The molecule has 0 aliphatic heterocycles. The Morgan fingerprint density at radius 1 is 1.03 bits per heavy atom. The van der Waals surface area contributed by atoms with Crippen LogP contribution in [0.3, 0.4) is 0 Å². The number of hydrogen-bond donors (Lipinski definition) is 1. The molecule has 1 N–H and O–H groups in total. The van der Waals surface area contributed by atoms with Crippen LogP contribution in [0.5, 0.6) is 0 Å². The van der Waals surface area contributed by atoms with Crippen LogP contribution in [0.2, 0.25) is 5.02 Å². The first kappa shape index (κ1) is 24.2. The van der Waals surface area contributed by atoms with E-state index in [0.717, 1.165) is 30.6 Å². The molecule has 0 bridgehead atoms. The van der Waals surface area contributed by atoms with E-state index in [1.54, 1.807) is 48.5 Å². The van der Waals surface area contributed by atoms with Crippen LogP contribution in [-0.2, 0) is 16.0 Å². The third kappa shape index (κ3) is 5.40. The number of benzene rings is 2. The molecule has 4 rings (SSSR count). The number of para-hydroxylation sites is 1. The fraction of sp³-hybridized carbons (Fsp3) is 0.296. The molecule has 0 radical (unpaired) electrons. The summed E-state index contributed by atoms with van der Waals surface area (Å²) < 4.78 is 0. The summed E-state index contributed by atoms with van der Waals surface area (Å²) in [6.45, 7) is 1.46. The van der Waals surface area contributed by atoms with Gasteiger partial charge in [-0.2, -0.15) is 0 Å². The molecule has 1 fully saturated rings. The number of rotatable bonds is 8. The zero-order valence-electron chi connectivity index (χ0n) is 19.0. The molecule has 1 atom stereocenters. The summed E-state index contributed by atoms with van der Waals surface area (Å²) in [6, 6.07) is 16.8. The van der Waals surface area contributed by atoms with Crippen molar-refractivity contribution in [2.24, 2.45) is 0 Å². The number of anilines is 1. The van der Waals surface area contributed by atoms with Crippen LogP contribution in [0.4, 0.5) is 5.69 Å². The maximum atomic E-state index is 13.9. The largest absolute Gasteiger partial charge is 0.351 e. The first-order valence-corrected chi connectivity index (χ1v) is 12.7. The Morgan fingerprint density at radius 3 is 2.41 bits per heavy atom. The van der Waals surface area contributed by atoms with E-state index < -0.39 is 6.04 Å². The third-order valence-electron chi connectivity index (χ3n) is 6.13. The maximum Gasteiger partial charge on any atom is 0.248 e. The molecule has 7 heteroatoms. The molecule has 2 amide bonds. The standard InChI is InChI=1S/C27H27ClN2O3S/c1-18(31)21-12-5-7-15-24(21)30(25(32)17-20-11-8-16-34-20)26(22-13-4-6-14-23(22)28)27(33)29-19-9-2-3-10-19/h4-8,11-16,19,26H,2-3,9-10,17H2,1H3,(H,29,33)/t26-/m1/s1. The number of thiophene rings is 1. The monoisotopic (exact) mass is 494 g/mol. The highest BCUT2D eigenvalue weighted by atomic mass is 35.5. The predicted octanol–water partition coefficient (Wildman–Crippen LogP) is 5.98. The smallest absolute Gasteiger partial charge is 0.248 e. The van der Waals surface area contributed by atoms with Gasteiger partial charge in [0.15, 0.2) is 5.78 Å². The Balaban J connectivity index is 1.84. The summed E-state index contributed by atoms with van der Waals surface area (Å²) in [7, 11) is 0. The summed E-state index contributed by atoms with van der Waals surface area (Å²) in [5.74, 6) is -0.751. The Kier molecular flexibility index (Phi) is 7.80. The molecule has 1 heterocycles. The fourth-order valence-electron chi connectivity index (χ4n) is 4.49. The molecule has 176 valence electrons. The molecule has 1 aromatic heterocycles. The van der Waals surface area contributed by atoms with Crippen LogP contribution in [0.15, 0.2) is 66.0 Å². The summed E-state index contributed by atoms with van der Waals surface area (Å²) >= 11 is 8.06. The van der Waals surface area contributed by atoms with Crippen molar-refractivity contribution in [3.8, 4) is 0 Å². The number of carbonyl (C=O) groups excluding carboxylic acids is 3. The van der Waals surface area contributed by atoms with E-state index >= 15 is 0 Å². The van der Waals surface area contributed by atoms with E-state index in [0.29, 0.717) is 21.8 Å². The lowest BCUT2D eigenvalue weighted by molar-refractivity contribution is -0.127. The Labute approximate surface area is 208 Å². The van der Waals surface area contributed by atoms with E-state index in [9.17, 15) is 14.4 Å². The van der Waals surface area contributed by atoms with Gasteiger partial charge in [-0.25, -0.2) is 0 Å². The number of Topliss-reactive ketones (excluding diaryl/α,β-unsaturated/α-hetero) is 1.